The molecule has 4 fully saturated rings. The van der Waals surface area contributed by atoms with E-state index < -0.39 is 0 Å². The summed E-state index contributed by atoms with van der Waals surface area (Å²) < 4.78 is 2.00. The van der Waals surface area contributed by atoms with Gasteiger partial charge in [-0.15, -0.1) is 12.0 Å². The number of fused-ring (bicyclic) bond motifs is 3. The number of hydrogen-bond donors (Lipinski definition) is 0. The quantitative estimate of drug-likeness (QED) is 0.196. The Hall–Kier alpha value is -1.59. The van der Waals surface area contributed by atoms with E-state index in [1.165, 1.54) is 51.2 Å². The van der Waals surface area contributed by atoms with Crippen molar-refractivity contribution in [3.63, 3.8) is 0 Å². The van der Waals surface area contributed by atoms with Crippen LogP contribution in [0.5, 0.6) is 0 Å². The van der Waals surface area contributed by atoms with Crippen LogP contribution in [0, 0.1) is 35.8 Å². The molecule has 0 amide bonds. The molecule has 2 aromatic rings. The predicted molar refractivity (Wildman–Crippen MR) is 155 cm³/mol. The topological polar surface area (TPSA) is 0 Å². The molecule has 0 aliphatic heterocycles. The second kappa shape index (κ2) is 10.5. The summed E-state index contributed by atoms with van der Waals surface area (Å²) in [5.41, 5.74) is 8.76. The molecule has 4 bridgehead atoms. The number of allylic oxidation sites excluding steroid dienone is 4. The monoisotopic (exact) mass is 540 g/mol. The van der Waals surface area contributed by atoms with Crippen LogP contribution in [0.15, 0.2) is 48.6 Å². The SMILES string of the molecule is CC(C)(C)c1c[c-]c2c(c1)-c1cc(C(C)(C)C)ccc1C2.[C-]1=CC=CC1.[Zn]=[C]1C2CC3CC(C2)CC1C3. The summed E-state index contributed by atoms with van der Waals surface area (Å²) in [6, 6.07) is 15.1. The van der Waals surface area contributed by atoms with Crippen molar-refractivity contribution < 1.29 is 17.9 Å². The van der Waals surface area contributed by atoms with Crippen LogP contribution in [0.1, 0.15) is 102 Å². The maximum absolute atomic E-state index is 3.53. The van der Waals surface area contributed by atoms with Crippen molar-refractivity contribution in [1.29, 1.82) is 0 Å². The minimum atomic E-state index is 0.177. The van der Waals surface area contributed by atoms with Gasteiger partial charge in [-0.1, -0.05) is 76.3 Å². The molecular weight excluding hydrogens is 498 g/mol. The van der Waals surface area contributed by atoms with Gasteiger partial charge < -0.3 is 0 Å². The Morgan fingerprint density at radius 2 is 1.41 bits per heavy atom. The van der Waals surface area contributed by atoms with Crippen LogP contribution < -0.4 is 0 Å². The first kappa shape index (κ1) is 27.0. The molecule has 0 N–H and O–H groups in total. The van der Waals surface area contributed by atoms with E-state index in [-0.39, 0.29) is 10.8 Å². The minimum absolute atomic E-state index is 0.177. The molecule has 4 saturated carbocycles. The van der Waals surface area contributed by atoms with E-state index in [4.69, 9.17) is 0 Å². The molecule has 1 heteroatoms. The molecule has 8 rings (SSSR count). The average molecular weight is 542 g/mol. The second-order valence-corrected chi connectivity index (χ2v) is 15.9. The average Bonchev–Trinajstić information content (AvgIpc) is 3.52. The van der Waals surface area contributed by atoms with Crippen LogP contribution in [0.3, 0.4) is 0 Å². The van der Waals surface area contributed by atoms with E-state index in [2.05, 4.69) is 90.1 Å². The van der Waals surface area contributed by atoms with Gasteiger partial charge in [-0.05, 0) is 17.4 Å². The Labute approximate surface area is 236 Å². The third kappa shape index (κ3) is 6.03. The van der Waals surface area contributed by atoms with Crippen LogP contribution in [-0.2, 0) is 35.1 Å². The first-order valence-corrected chi connectivity index (χ1v) is 16.1. The van der Waals surface area contributed by atoms with E-state index in [1.54, 1.807) is 32.1 Å². The molecule has 6 aliphatic rings. The van der Waals surface area contributed by atoms with Crippen LogP contribution in [0.25, 0.3) is 11.1 Å². The van der Waals surface area contributed by atoms with Crippen molar-refractivity contribution in [3.05, 3.63) is 83.0 Å². The fourth-order valence-electron chi connectivity index (χ4n) is 7.11. The summed E-state index contributed by atoms with van der Waals surface area (Å²) in [6.07, 6.45) is 19.0. The summed E-state index contributed by atoms with van der Waals surface area (Å²) in [5.74, 6) is 4.55. The molecule has 192 valence electrons. The summed E-state index contributed by atoms with van der Waals surface area (Å²) in [6.45, 7) is 13.6. The van der Waals surface area contributed by atoms with E-state index in [0.29, 0.717) is 0 Å². The first-order chi connectivity index (χ1) is 17.5. The van der Waals surface area contributed by atoms with Crippen molar-refractivity contribution >= 4 is 4.11 Å². The van der Waals surface area contributed by atoms with Gasteiger partial charge in [0.15, 0.2) is 0 Å². The van der Waals surface area contributed by atoms with Crippen molar-refractivity contribution in [3.8, 4) is 11.1 Å². The van der Waals surface area contributed by atoms with Gasteiger partial charge in [-0.25, -0.2) is 12.2 Å². The molecule has 0 unspecified atom stereocenters. The van der Waals surface area contributed by atoms with Crippen LogP contribution >= 0.6 is 0 Å². The number of hydrogen-bond acceptors (Lipinski definition) is 0. The standard InChI is InChI=1S/C21H25.C10H14.C5H5.Zn/c1-20(2,3)16-9-7-14-11-15-8-10-17(21(4,5)6)13-19(15)18(14)12-16;1-7-2-9-4-8(1)5-10(3-7)6-9;1-2-4-5-3-1;/h7,9-10,12-13H,11H2,1-6H3;7-10H,1-5H2;1-3H,4H2;/q-1;;-1;. The zero-order valence-electron chi connectivity index (χ0n) is 24.1. The Morgan fingerprint density at radius 3 is 1.92 bits per heavy atom. The molecule has 0 saturated heterocycles. The summed E-state index contributed by atoms with van der Waals surface area (Å²) in [5, 5.41) is 0. The van der Waals surface area contributed by atoms with Gasteiger partial charge in [0.05, 0.1) is 0 Å². The zero-order chi connectivity index (χ0) is 26.4. The van der Waals surface area contributed by atoms with Gasteiger partial charge in [-0.3, -0.25) is 6.08 Å². The fourth-order valence-corrected chi connectivity index (χ4v) is 8.51. The molecular formula is C36H44Zn-2. The first-order valence-electron chi connectivity index (χ1n) is 14.6. The van der Waals surface area contributed by atoms with E-state index in [9.17, 15) is 0 Å². The Morgan fingerprint density at radius 1 is 0.784 bits per heavy atom. The summed E-state index contributed by atoms with van der Waals surface area (Å²) in [4.78, 5) is 0. The van der Waals surface area contributed by atoms with Gasteiger partial charge in [0.1, 0.15) is 0 Å². The van der Waals surface area contributed by atoms with Crippen LogP contribution in [0.2, 0.25) is 0 Å². The number of rotatable bonds is 0. The molecule has 6 aliphatic carbocycles. The van der Waals surface area contributed by atoms with Gasteiger partial charge in [0.25, 0.3) is 0 Å². The van der Waals surface area contributed by atoms with E-state index in [1.807, 2.05) is 16.3 Å². The molecule has 0 radical (unpaired) electrons. The molecule has 0 atom stereocenters. The van der Waals surface area contributed by atoms with Crippen molar-refractivity contribution in [2.24, 2.45) is 23.7 Å². The Balaban J connectivity index is 0.000000143. The van der Waals surface area contributed by atoms with Gasteiger partial charge in [0, 0.05) is 0 Å². The van der Waals surface area contributed by atoms with Crippen LogP contribution in [-0.4, -0.2) is 4.11 Å². The summed E-state index contributed by atoms with van der Waals surface area (Å²) in [7, 11) is 0. The van der Waals surface area contributed by atoms with Crippen molar-refractivity contribution in [2.75, 3.05) is 0 Å². The van der Waals surface area contributed by atoms with Gasteiger partial charge >= 0.3 is 77.7 Å². The molecule has 0 aromatic heterocycles. The third-order valence-electron chi connectivity index (χ3n) is 9.30. The normalized spacial score (nSPS) is 26.3. The van der Waals surface area contributed by atoms with Crippen LogP contribution in [0.4, 0.5) is 0 Å². The van der Waals surface area contributed by atoms with Crippen molar-refractivity contribution in [1.82, 2.24) is 0 Å². The molecule has 0 heterocycles. The Bertz CT molecular complexity index is 1110. The van der Waals surface area contributed by atoms with E-state index in [0.717, 1.165) is 36.5 Å². The maximum atomic E-state index is 3.53. The summed E-state index contributed by atoms with van der Waals surface area (Å²) >= 11 is 1.51. The fraction of sp³-hybridized carbons (Fsp3) is 0.528. The molecule has 2 aromatic carbocycles. The van der Waals surface area contributed by atoms with Gasteiger partial charge in [0.2, 0.25) is 0 Å². The molecule has 37 heavy (non-hydrogen) atoms. The van der Waals surface area contributed by atoms with Gasteiger partial charge in [-0.2, -0.15) is 35.4 Å². The van der Waals surface area contributed by atoms with E-state index >= 15 is 0 Å². The van der Waals surface area contributed by atoms with Crippen molar-refractivity contribution in [2.45, 2.75) is 97.3 Å². The number of benzene rings is 2. The third-order valence-corrected chi connectivity index (χ3v) is 11.7. The Kier molecular flexibility index (Phi) is 7.68. The molecule has 0 spiro atoms. The second-order valence-electron chi connectivity index (χ2n) is 14.2. The zero-order valence-corrected chi connectivity index (χ0v) is 27.1. The molecule has 0 nitrogen and oxygen atoms in total. The predicted octanol–water partition coefficient (Wildman–Crippen LogP) is 9.12.